The molecule has 0 aliphatic carbocycles. The molecular weight excluding hydrogens is 422 g/mol. The summed E-state index contributed by atoms with van der Waals surface area (Å²) in [5, 5.41) is 1.42. The molecular formula is C22H18ClN3OS2. The van der Waals surface area contributed by atoms with E-state index in [1.165, 1.54) is 11.3 Å². The van der Waals surface area contributed by atoms with E-state index in [0.29, 0.717) is 28.9 Å². The average Bonchev–Trinajstić information content (AvgIpc) is 3.18. The molecule has 0 fully saturated rings. The van der Waals surface area contributed by atoms with Gasteiger partial charge in [-0.25, -0.2) is 4.98 Å². The fourth-order valence-corrected chi connectivity index (χ4v) is 4.76. The van der Waals surface area contributed by atoms with Gasteiger partial charge >= 0.3 is 0 Å². The third-order valence-electron chi connectivity index (χ3n) is 4.26. The summed E-state index contributed by atoms with van der Waals surface area (Å²) >= 11 is 9.11. The molecule has 4 nitrogen and oxygen atoms in total. The molecule has 0 saturated heterocycles. The minimum Gasteiger partial charge on any atom is -0.282 e. The number of pyridine rings is 1. The van der Waals surface area contributed by atoms with Crippen LogP contribution in [0.5, 0.6) is 0 Å². The molecule has 4 aromatic rings. The van der Waals surface area contributed by atoms with Gasteiger partial charge in [0.15, 0.2) is 5.13 Å². The molecule has 0 unspecified atom stereocenters. The lowest BCUT2D eigenvalue weighted by atomic mass is 10.3. The van der Waals surface area contributed by atoms with Crippen LogP contribution in [-0.4, -0.2) is 21.6 Å². The van der Waals surface area contributed by atoms with Crippen LogP contribution in [0.25, 0.3) is 10.2 Å². The van der Waals surface area contributed by atoms with Crippen molar-refractivity contribution < 1.29 is 4.79 Å². The molecule has 0 bridgehead atoms. The number of para-hydroxylation sites is 1. The molecule has 0 atom stereocenters. The molecule has 4 rings (SSSR count). The molecule has 0 saturated carbocycles. The van der Waals surface area contributed by atoms with Gasteiger partial charge in [-0.05, 0) is 48.5 Å². The number of carbonyl (C=O) groups is 1. The van der Waals surface area contributed by atoms with Crippen LogP contribution in [0.3, 0.4) is 0 Å². The maximum absolute atomic E-state index is 13.1. The summed E-state index contributed by atoms with van der Waals surface area (Å²) in [4.78, 5) is 25.0. The van der Waals surface area contributed by atoms with E-state index < -0.39 is 0 Å². The second-order valence-electron chi connectivity index (χ2n) is 6.32. The summed E-state index contributed by atoms with van der Waals surface area (Å²) in [6.07, 6.45) is 2.16. The Morgan fingerprint density at radius 3 is 2.59 bits per heavy atom. The van der Waals surface area contributed by atoms with Crippen molar-refractivity contribution in [2.45, 2.75) is 17.9 Å². The number of anilines is 1. The normalized spacial score (nSPS) is 10.9. The fraction of sp³-hybridized carbons (Fsp3) is 0.136. The van der Waals surface area contributed by atoms with Crippen molar-refractivity contribution in [3.05, 3.63) is 83.6 Å². The molecule has 7 heteroatoms. The molecule has 0 N–H and O–H groups in total. The second kappa shape index (κ2) is 9.39. The number of halogens is 1. The van der Waals surface area contributed by atoms with Crippen LogP contribution in [0.15, 0.2) is 77.8 Å². The Hall–Kier alpha value is -2.41. The first kappa shape index (κ1) is 19.9. The average molecular weight is 440 g/mol. The number of thioether (sulfide) groups is 1. The van der Waals surface area contributed by atoms with Crippen LogP contribution >= 0.6 is 34.7 Å². The van der Waals surface area contributed by atoms with E-state index in [2.05, 4.69) is 9.97 Å². The predicted molar refractivity (Wildman–Crippen MR) is 122 cm³/mol. The first-order valence-corrected chi connectivity index (χ1v) is 11.3. The minimum absolute atomic E-state index is 0.0381. The monoisotopic (exact) mass is 439 g/mol. The van der Waals surface area contributed by atoms with Gasteiger partial charge in [-0.1, -0.05) is 41.1 Å². The van der Waals surface area contributed by atoms with Crippen LogP contribution < -0.4 is 4.90 Å². The lowest BCUT2D eigenvalue weighted by Gasteiger charge is -2.19. The molecule has 146 valence electrons. The van der Waals surface area contributed by atoms with Crippen LogP contribution in [0, 0.1) is 0 Å². The second-order valence-corrected chi connectivity index (χ2v) is 8.93. The Kier molecular flexibility index (Phi) is 6.44. The van der Waals surface area contributed by atoms with E-state index in [1.54, 1.807) is 22.9 Å². The quantitative estimate of drug-likeness (QED) is 0.328. The van der Waals surface area contributed by atoms with Gasteiger partial charge in [-0.15, -0.1) is 11.8 Å². The SMILES string of the molecule is O=C(CCSc1ccc(Cl)cc1)N(Cc1ccccn1)c1nc2ccccc2s1. The number of nitrogens with zero attached hydrogens (tertiary/aromatic N) is 3. The number of benzene rings is 2. The molecule has 0 spiro atoms. The number of hydrogen-bond acceptors (Lipinski definition) is 5. The van der Waals surface area contributed by atoms with E-state index in [4.69, 9.17) is 11.6 Å². The summed E-state index contributed by atoms with van der Waals surface area (Å²) in [7, 11) is 0. The van der Waals surface area contributed by atoms with Crippen molar-refractivity contribution >= 4 is 56.0 Å². The Labute approximate surface area is 182 Å². The molecule has 29 heavy (non-hydrogen) atoms. The third-order valence-corrected chi connectivity index (χ3v) is 6.58. The lowest BCUT2D eigenvalue weighted by Crippen LogP contribution is -2.30. The smallest absolute Gasteiger partial charge is 0.229 e. The zero-order valence-corrected chi connectivity index (χ0v) is 17.9. The number of aromatic nitrogens is 2. The van der Waals surface area contributed by atoms with Crippen molar-refractivity contribution in [1.29, 1.82) is 0 Å². The summed E-state index contributed by atoms with van der Waals surface area (Å²) < 4.78 is 1.07. The number of hydrogen-bond donors (Lipinski definition) is 0. The maximum Gasteiger partial charge on any atom is 0.229 e. The molecule has 2 heterocycles. The predicted octanol–water partition coefficient (Wildman–Crippen LogP) is 6.06. The highest BCUT2D eigenvalue weighted by Gasteiger charge is 2.20. The van der Waals surface area contributed by atoms with Crippen LogP contribution in [0.4, 0.5) is 5.13 Å². The van der Waals surface area contributed by atoms with E-state index in [9.17, 15) is 4.79 Å². The Bertz CT molecular complexity index is 1070. The highest BCUT2D eigenvalue weighted by Crippen LogP contribution is 2.30. The van der Waals surface area contributed by atoms with E-state index in [-0.39, 0.29) is 5.91 Å². The Morgan fingerprint density at radius 2 is 1.83 bits per heavy atom. The molecule has 0 aliphatic rings. The van der Waals surface area contributed by atoms with Gasteiger partial charge in [0.05, 0.1) is 22.5 Å². The summed E-state index contributed by atoms with van der Waals surface area (Å²) in [6.45, 7) is 0.408. The highest BCUT2D eigenvalue weighted by molar-refractivity contribution is 7.99. The first-order chi connectivity index (χ1) is 14.2. The summed E-state index contributed by atoms with van der Waals surface area (Å²) in [6, 6.07) is 21.3. The first-order valence-electron chi connectivity index (χ1n) is 9.13. The lowest BCUT2D eigenvalue weighted by molar-refractivity contribution is -0.118. The molecule has 2 aromatic heterocycles. The molecule has 1 amide bonds. The van der Waals surface area contributed by atoms with Gasteiger partial charge in [0.1, 0.15) is 0 Å². The molecule has 0 radical (unpaired) electrons. The molecule has 0 aliphatic heterocycles. The maximum atomic E-state index is 13.1. The van der Waals surface area contributed by atoms with Gasteiger partial charge in [0.25, 0.3) is 0 Å². The minimum atomic E-state index is 0.0381. The van der Waals surface area contributed by atoms with Crippen LogP contribution in [0.1, 0.15) is 12.1 Å². The fourth-order valence-electron chi connectivity index (χ4n) is 2.81. The van der Waals surface area contributed by atoms with Crippen molar-refractivity contribution in [3.63, 3.8) is 0 Å². The highest BCUT2D eigenvalue weighted by atomic mass is 35.5. The van der Waals surface area contributed by atoms with Gasteiger partial charge < -0.3 is 0 Å². The topological polar surface area (TPSA) is 46.1 Å². The van der Waals surface area contributed by atoms with Crippen molar-refractivity contribution in [2.75, 3.05) is 10.7 Å². The zero-order valence-electron chi connectivity index (χ0n) is 15.5. The zero-order chi connectivity index (χ0) is 20.1. The number of rotatable bonds is 7. The van der Waals surface area contributed by atoms with E-state index >= 15 is 0 Å². The number of carbonyl (C=O) groups excluding carboxylic acids is 1. The summed E-state index contributed by atoms with van der Waals surface area (Å²) in [5.41, 5.74) is 1.74. The largest absolute Gasteiger partial charge is 0.282 e. The van der Waals surface area contributed by atoms with Crippen molar-refractivity contribution in [2.24, 2.45) is 0 Å². The van der Waals surface area contributed by atoms with Gasteiger partial charge in [0.2, 0.25) is 5.91 Å². The van der Waals surface area contributed by atoms with Crippen molar-refractivity contribution in [3.8, 4) is 0 Å². The van der Waals surface area contributed by atoms with Crippen LogP contribution in [-0.2, 0) is 11.3 Å². The number of fused-ring (bicyclic) bond motifs is 1. The Morgan fingerprint density at radius 1 is 1.03 bits per heavy atom. The standard InChI is InChI=1S/C22H18ClN3OS2/c23-16-8-10-18(11-9-16)28-14-12-21(27)26(15-17-5-3-4-13-24-17)22-25-19-6-1-2-7-20(19)29-22/h1-11,13H,12,14-15H2. The molecule has 2 aromatic carbocycles. The van der Waals surface area contributed by atoms with E-state index in [1.807, 2.05) is 66.7 Å². The van der Waals surface area contributed by atoms with Crippen molar-refractivity contribution in [1.82, 2.24) is 9.97 Å². The number of thiazole rings is 1. The third kappa shape index (κ3) is 5.15. The van der Waals surface area contributed by atoms with Crippen LogP contribution in [0.2, 0.25) is 5.02 Å². The Balaban J connectivity index is 1.50. The summed E-state index contributed by atoms with van der Waals surface area (Å²) in [5.74, 6) is 0.723. The van der Waals surface area contributed by atoms with Gasteiger partial charge in [0, 0.05) is 28.3 Å². The van der Waals surface area contributed by atoms with Gasteiger partial charge in [-0.3, -0.25) is 14.7 Å². The van der Waals surface area contributed by atoms with E-state index in [0.717, 1.165) is 20.8 Å². The number of amides is 1. The van der Waals surface area contributed by atoms with Gasteiger partial charge in [-0.2, -0.15) is 0 Å².